The van der Waals surface area contributed by atoms with E-state index in [1.165, 1.54) is 10.4 Å². The van der Waals surface area contributed by atoms with Gasteiger partial charge in [-0.1, -0.05) is 35.2 Å². The van der Waals surface area contributed by atoms with Crippen LogP contribution in [0.5, 0.6) is 0 Å². The molecule has 0 aliphatic carbocycles. The van der Waals surface area contributed by atoms with Gasteiger partial charge in [-0.3, -0.25) is 0 Å². The SMILES string of the molecule is Cc1cccn2cc(CSc3nnc(NCCc4cccs4)s3)nc12. The van der Waals surface area contributed by atoms with E-state index in [0.717, 1.165) is 39.5 Å². The zero-order valence-corrected chi connectivity index (χ0v) is 16.1. The average Bonchev–Trinajstić information content (AvgIpc) is 3.34. The van der Waals surface area contributed by atoms with Crippen LogP contribution in [0.2, 0.25) is 0 Å². The fourth-order valence-corrected chi connectivity index (χ4v) is 4.87. The Labute approximate surface area is 158 Å². The van der Waals surface area contributed by atoms with Crippen LogP contribution in [-0.4, -0.2) is 26.1 Å². The maximum atomic E-state index is 4.70. The minimum Gasteiger partial charge on any atom is -0.360 e. The summed E-state index contributed by atoms with van der Waals surface area (Å²) in [5, 5.41) is 14.8. The Morgan fingerprint density at radius 1 is 1.24 bits per heavy atom. The molecule has 1 N–H and O–H groups in total. The number of hydrogen-bond donors (Lipinski definition) is 1. The minimum atomic E-state index is 0.797. The highest BCUT2D eigenvalue weighted by Crippen LogP contribution is 2.28. The maximum Gasteiger partial charge on any atom is 0.206 e. The van der Waals surface area contributed by atoms with E-state index in [4.69, 9.17) is 4.98 Å². The van der Waals surface area contributed by atoms with Gasteiger partial charge in [0.15, 0.2) is 4.34 Å². The Balaban J connectivity index is 1.32. The summed E-state index contributed by atoms with van der Waals surface area (Å²) in [7, 11) is 0. The summed E-state index contributed by atoms with van der Waals surface area (Å²) >= 11 is 5.06. The van der Waals surface area contributed by atoms with E-state index < -0.39 is 0 Å². The molecule has 0 saturated carbocycles. The molecule has 0 bridgehead atoms. The number of nitrogens with one attached hydrogen (secondary N) is 1. The van der Waals surface area contributed by atoms with Gasteiger partial charge in [-0.2, -0.15) is 0 Å². The Morgan fingerprint density at radius 2 is 2.20 bits per heavy atom. The lowest BCUT2D eigenvalue weighted by atomic mass is 10.3. The Hall–Kier alpha value is -1.90. The lowest BCUT2D eigenvalue weighted by Crippen LogP contribution is -2.03. The van der Waals surface area contributed by atoms with Gasteiger partial charge in [0.25, 0.3) is 0 Å². The highest BCUT2D eigenvalue weighted by atomic mass is 32.2. The van der Waals surface area contributed by atoms with Crippen LogP contribution in [-0.2, 0) is 12.2 Å². The molecule has 4 aromatic heterocycles. The second-order valence-corrected chi connectivity index (χ2v) is 8.80. The number of thiophene rings is 1. The van der Waals surface area contributed by atoms with Gasteiger partial charge in [0, 0.05) is 29.6 Å². The van der Waals surface area contributed by atoms with Crippen LogP contribution >= 0.6 is 34.4 Å². The molecule has 0 radical (unpaired) electrons. The Kier molecular flexibility index (Phi) is 5.00. The number of hydrogen-bond acceptors (Lipinski definition) is 7. The van der Waals surface area contributed by atoms with Crippen LogP contribution in [0.15, 0.2) is 46.4 Å². The predicted molar refractivity (Wildman–Crippen MR) is 106 cm³/mol. The van der Waals surface area contributed by atoms with Gasteiger partial charge in [0.2, 0.25) is 5.13 Å². The highest BCUT2D eigenvalue weighted by Gasteiger charge is 2.08. The number of aryl methyl sites for hydroxylation is 1. The average molecular weight is 388 g/mol. The van der Waals surface area contributed by atoms with Crippen molar-refractivity contribution in [3.63, 3.8) is 0 Å². The summed E-state index contributed by atoms with van der Waals surface area (Å²) in [6.45, 7) is 2.96. The molecule has 0 spiro atoms. The molecule has 8 heteroatoms. The molecule has 5 nitrogen and oxygen atoms in total. The molecule has 4 rings (SSSR count). The van der Waals surface area contributed by atoms with E-state index in [9.17, 15) is 0 Å². The molecule has 0 saturated heterocycles. The molecule has 25 heavy (non-hydrogen) atoms. The van der Waals surface area contributed by atoms with E-state index in [1.54, 1.807) is 34.4 Å². The van der Waals surface area contributed by atoms with Crippen molar-refractivity contribution in [3.05, 3.63) is 58.2 Å². The van der Waals surface area contributed by atoms with Crippen LogP contribution in [0.1, 0.15) is 16.1 Å². The molecule has 4 aromatic rings. The molecule has 0 amide bonds. The fourth-order valence-electron chi connectivity index (χ4n) is 2.50. The first kappa shape index (κ1) is 16.6. The monoisotopic (exact) mass is 387 g/mol. The molecular weight excluding hydrogens is 370 g/mol. The first-order valence-corrected chi connectivity index (χ1v) is 10.6. The number of pyridine rings is 1. The number of rotatable bonds is 7. The third-order valence-corrected chi connectivity index (χ3v) is 6.69. The first-order valence-electron chi connectivity index (χ1n) is 7.94. The zero-order valence-electron chi connectivity index (χ0n) is 13.7. The Bertz CT molecular complexity index is 958. The van der Waals surface area contributed by atoms with Crippen molar-refractivity contribution in [1.82, 2.24) is 19.6 Å². The number of imidazole rings is 1. The molecule has 0 unspecified atom stereocenters. The molecule has 4 heterocycles. The third kappa shape index (κ3) is 4.02. The molecule has 0 aliphatic rings. The summed E-state index contributed by atoms with van der Waals surface area (Å²) in [6, 6.07) is 8.36. The lowest BCUT2D eigenvalue weighted by Gasteiger charge is -1.99. The number of aromatic nitrogens is 4. The van der Waals surface area contributed by atoms with Crippen molar-refractivity contribution in [3.8, 4) is 0 Å². The largest absolute Gasteiger partial charge is 0.360 e. The second-order valence-electron chi connectivity index (χ2n) is 5.57. The maximum absolute atomic E-state index is 4.70. The van der Waals surface area contributed by atoms with Crippen molar-refractivity contribution in [2.24, 2.45) is 0 Å². The smallest absolute Gasteiger partial charge is 0.206 e. The zero-order chi connectivity index (χ0) is 17.1. The Morgan fingerprint density at radius 3 is 3.04 bits per heavy atom. The number of anilines is 1. The van der Waals surface area contributed by atoms with Crippen molar-refractivity contribution in [1.29, 1.82) is 0 Å². The van der Waals surface area contributed by atoms with Crippen molar-refractivity contribution in [2.75, 3.05) is 11.9 Å². The van der Waals surface area contributed by atoms with Gasteiger partial charge < -0.3 is 9.72 Å². The molecule has 128 valence electrons. The highest BCUT2D eigenvalue weighted by molar-refractivity contribution is 8.00. The lowest BCUT2D eigenvalue weighted by molar-refractivity contribution is 0.979. The van der Waals surface area contributed by atoms with Gasteiger partial charge in [-0.15, -0.1) is 21.5 Å². The predicted octanol–water partition coefficient (Wildman–Crippen LogP) is 4.50. The standard InChI is InChI=1S/C17H17N5S3/c1-12-4-2-8-22-10-13(19-15(12)22)11-24-17-21-20-16(25-17)18-7-6-14-5-3-9-23-14/h2-5,8-10H,6-7,11H2,1H3,(H,18,20). The molecule has 0 aliphatic heterocycles. The van der Waals surface area contributed by atoms with Gasteiger partial charge in [-0.05, 0) is 36.4 Å². The number of fused-ring (bicyclic) bond motifs is 1. The second kappa shape index (κ2) is 7.55. The third-order valence-electron chi connectivity index (χ3n) is 3.71. The van der Waals surface area contributed by atoms with E-state index in [2.05, 4.69) is 56.6 Å². The number of nitrogens with zero attached hydrogens (tertiary/aromatic N) is 4. The van der Waals surface area contributed by atoms with Crippen LogP contribution in [0.4, 0.5) is 5.13 Å². The molecule has 0 fully saturated rings. The summed E-state index contributed by atoms with van der Waals surface area (Å²) in [5.41, 5.74) is 3.26. The van der Waals surface area contributed by atoms with Crippen molar-refractivity contribution < 1.29 is 0 Å². The van der Waals surface area contributed by atoms with E-state index in [0.29, 0.717) is 0 Å². The van der Waals surface area contributed by atoms with E-state index in [-0.39, 0.29) is 0 Å². The first-order chi connectivity index (χ1) is 12.3. The number of thioether (sulfide) groups is 1. The van der Waals surface area contributed by atoms with Gasteiger partial charge in [0.1, 0.15) is 5.65 Å². The van der Waals surface area contributed by atoms with Crippen LogP contribution < -0.4 is 5.32 Å². The van der Waals surface area contributed by atoms with Crippen molar-refractivity contribution in [2.45, 2.75) is 23.4 Å². The van der Waals surface area contributed by atoms with Crippen LogP contribution in [0.25, 0.3) is 5.65 Å². The quantitative estimate of drug-likeness (QED) is 0.473. The van der Waals surface area contributed by atoms with E-state index in [1.807, 2.05) is 12.3 Å². The van der Waals surface area contributed by atoms with Gasteiger partial charge in [0.05, 0.1) is 5.69 Å². The normalized spacial score (nSPS) is 11.2. The van der Waals surface area contributed by atoms with Crippen LogP contribution in [0.3, 0.4) is 0 Å². The van der Waals surface area contributed by atoms with E-state index >= 15 is 0 Å². The molecular formula is C17H17N5S3. The summed E-state index contributed by atoms with van der Waals surface area (Å²) in [5.74, 6) is 0.797. The summed E-state index contributed by atoms with van der Waals surface area (Å²) < 4.78 is 3.04. The minimum absolute atomic E-state index is 0.797. The molecule has 0 aromatic carbocycles. The molecule has 0 atom stereocenters. The van der Waals surface area contributed by atoms with Gasteiger partial charge in [-0.25, -0.2) is 4.98 Å². The summed E-state index contributed by atoms with van der Waals surface area (Å²) in [4.78, 5) is 6.08. The topological polar surface area (TPSA) is 55.1 Å². The van der Waals surface area contributed by atoms with Crippen molar-refractivity contribution >= 4 is 45.2 Å². The van der Waals surface area contributed by atoms with Gasteiger partial charge >= 0.3 is 0 Å². The fraction of sp³-hybridized carbons (Fsp3) is 0.235. The van der Waals surface area contributed by atoms with Crippen LogP contribution in [0, 0.1) is 6.92 Å². The summed E-state index contributed by atoms with van der Waals surface area (Å²) in [6.07, 6.45) is 5.13.